The van der Waals surface area contributed by atoms with Gasteiger partial charge in [-0.1, -0.05) is 42.5 Å². The Morgan fingerprint density at radius 1 is 1.13 bits per heavy atom. The minimum absolute atomic E-state index is 0.0176. The molecule has 3 rings (SSSR count). The Morgan fingerprint density at radius 3 is 2.52 bits per heavy atom. The van der Waals surface area contributed by atoms with Crippen LogP contribution in [-0.2, 0) is 11.2 Å². The zero-order chi connectivity index (χ0) is 16.1. The number of nitrogens with one attached hydrogen (secondary N) is 1. The molecule has 1 amide bonds. The molecule has 0 spiro atoms. The molecule has 0 bridgehead atoms. The molecule has 0 aliphatic rings. The first-order valence-corrected chi connectivity index (χ1v) is 7.50. The first-order chi connectivity index (χ1) is 11.2. The van der Waals surface area contributed by atoms with Crippen LogP contribution in [0.1, 0.15) is 24.1 Å². The number of aromatic nitrogens is 3. The quantitative estimate of drug-likeness (QED) is 0.788. The minimum Gasteiger partial charge on any atom is -0.349 e. The van der Waals surface area contributed by atoms with Gasteiger partial charge >= 0.3 is 0 Å². The van der Waals surface area contributed by atoms with Crippen LogP contribution >= 0.6 is 0 Å². The molecule has 0 saturated heterocycles. The molecule has 2 aromatic carbocycles. The predicted molar refractivity (Wildman–Crippen MR) is 88.1 cm³/mol. The van der Waals surface area contributed by atoms with E-state index in [2.05, 4.69) is 15.4 Å². The van der Waals surface area contributed by atoms with Crippen LogP contribution in [0.2, 0.25) is 0 Å². The fraction of sp³-hybridized carbons (Fsp3) is 0.167. The summed E-state index contributed by atoms with van der Waals surface area (Å²) in [7, 11) is 0. The highest BCUT2D eigenvalue weighted by atomic mass is 16.1. The lowest BCUT2D eigenvalue weighted by Crippen LogP contribution is -2.28. The normalized spacial score (nSPS) is 11.9. The summed E-state index contributed by atoms with van der Waals surface area (Å²) in [5.41, 5.74) is 3.00. The molecule has 1 aromatic heterocycles. The third-order valence-corrected chi connectivity index (χ3v) is 3.66. The average molecular weight is 306 g/mol. The lowest BCUT2D eigenvalue weighted by molar-refractivity contribution is -0.121. The van der Waals surface area contributed by atoms with Gasteiger partial charge in [0.25, 0.3) is 0 Å². The van der Waals surface area contributed by atoms with E-state index in [1.54, 1.807) is 11.0 Å². The fourth-order valence-corrected chi connectivity index (χ4v) is 2.41. The number of benzene rings is 2. The van der Waals surface area contributed by atoms with Crippen molar-refractivity contribution in [3.05, 3.63) is 78.4 Å². The zero-order valence-electron chi connectivity index (χ0n) is 12.9. The van der Waals surface area contributed by atoms with Gasteiger partial charge in [0.1, 0.15) is 12.7 Å². The molecule has 1 N–H and O–H groups in total. The average Bonchev–Trinajstić information content (AvgIpc) is 3.10. The van der Waals surface area contributed by atoms with Crippen molar-refractivity contribution < 1.29 is 4.79 Å². The Balaban J connectivity index is 1.61. The summed E-state index contributed by atoms with van der Waals surface area (Å²) in [5, 5.41) is 7.12. The van der Waals surface area contributed by atoms with Crippen LogP contribution in [0.15, 0.2) is 67.3 Å². The molecule has 1 unspecified atom stereocenters. The monoisotopic (exact) mass is 306 g/mol. The van der Waals surface area contributed by atoms with Crippen molar-refractivity contribution in [3.63, 3.8) is 0 Å². The first-order valence-electron chi connectivity index (χ1n) is 7.50. The van der Waals surface area contributed by atoms with E-state index >= 15 is 0 Å². The summed E-state index contributed by atoms with van der Waals surface area (Å²) >= 11 is 0. The molecular formula is C18H18N4O. The molecule has 1 atom stereocenters. The summed E-state index contributed by atoms with van der Waals surface area (Å²) in [4.78, 5) is 16.0. The number of hydrogen-bond acceptors (Lipinski definition) is 3. The Kier molecular flexibility index (Phi) is 4.47. The number of carbonyl (C=O) groups is 1. The number of nitrogens with zero attached hydrogens (tertiary/aromatic N) is 3. The van der Waals surface area contributed by atoms with Crippen molar-refractivity contribution >= 4 is 5.91 Å². The lowest BCUT2D eigenvalue weighted by atomic mass is 10.1. The maximum Gasteiger partial charge on any atom is 0.224 e. The van der Waals surface area contributed by atoms with Crippen molar-refractivity contribution in [1.29, 1.82) is 0 Å². The van der Waals surface area contributed by atoms with Crippen molar-refractivity contribution in [2.45, 2.75) is 19.4 Å². The van der Waals surface area contributed by atoms with Gasteiger partial charge in [0.2, 0.25) is 5.91 Å². The molecule has 0 fully saturated rings. The van der Waals surface area contributed by atoms with Gasteiger partial charge in [0.05, 0.1) is 18.2 Å². The molecule has 23 heavy (non-hydrogen) atoms. The van der Waals surface area contributed by atoms with E-state index in [-0.39, 0.29) is 11.9 Å². The van der Waals surface area contributed by atoms with Gasteiger partial charge in [-0.3, -0.25) is 4.79 Å². The van der Waals surface area contributed by atoms with E-state index in [4.69, 9.17) is 0 Å². The van der Waals surface area contributed by atoms with Crippen LogP contribution in [0.5, 0.6) is 0 Å². The third-order valence-electron chi connectivity index (χ3n) is 3.66. The van der Waals surface area contributed by atoms with Gasteiger partial charge in [-0.15, -0.1) is 0 Å². The van der Waals surface area contributed by atoms with Crippen LogP contribution in [0.25, 0.3) is 5.69 Å². The number of carbonyl (C=O) groups excluding carboxylic acids is 1. The summed E-state index contributed by atoms with van der Waals surface area (Å²) in [6, 6.07) is 17.6. The Morgan fingerprint density at radius 2 is 1.87 bits per heavy atom. The van der Waals surface area contributed by atoms with Crippen LogP contribution in [0.4, 0.5) is 0 Å². The van der Waals surface area contributed by atoms with Crippen LogP contribution < -0.4 is 5.32 Å². The van der Waals surface area contributed by atoms with Crippen molar-refractivity contribution in [2.75, 3.05) is 0 Å². The summed E-state index contributed by atoms with van der Waals surface area (Å²) < 4.78 is 1.70. The molecular weight excluding hydrogens is 288 g/mol. The molecule has 3 aromatic rings. The molecule has 0 aliphatic heterocycles. The van der Waals surface area contributed by atoms with E-state index in [0.29, 0.717) is 6.42 Å². The molecule has 0 radical (unpaired) electrons. The van der Waals surface area contributed by atoms with E-state index < -0.39 is 0 Å². The number of hydrogen-bond donors (Lipinski definition) is 1. The van der Waals surface area contributed by atoms with Gasteiger partial charge in [-0.2, -0.15) is 5.10 Å². The van der Waals surface area contributed by atoms with E-state index in [0.717, 1.165) is 16.8 Å². The highest BCUT2D eigenvalue weighted by Gasteiger charge is 2.10. The minimum atomic E-state index is -0.0454. The van der Waals surface area contributed by atoms with Gasteiger partial charge in [-0.05, 0) is 30.2 Å². The van der Waals surface area contributed by atoms with Crippen LogP contribution in [-0.4, -0.2) is 20.7 Å². The smallest absolute Gasteiger partial charge is 0.224 e. The standard InChI is InChI=1S/C18H18N4O/c1-14(21-18(23)11-15-5-3-2-4-6-15)16-7-9-17(10-8-16)22-13-19-12-20-22/h2-10,12-14H,11H2,1H3,(H,21,23). The molecule has 5 nitrogen and oxygen atoms in total. The molecule has 5 heteroatoms. The Bertz CT molecular complexity index is 751. The van der Waals surface area contributed by atoms with E-state index in [9.17, 15) is 4.79 Å². The maximum absolute atomic E-state index is 12.1. The van der Waals surface area contributed by atoms with Gasteiger partial charge in [0, 0.05) is 0 Å². The summed E-state index contributed by atoms with van der Waals surface area (Å²) in [6.45, 7) is 1.98. The van der Waals surface area contributed by atoms with Crippen LogP contribution in [0.3, 0.4) is 0 Å². The highest BCUT2D eigenvalue weighted by molar-refractivity contribution is 5.79. The lowest BCUT2D eigenvalue weighted by Gasteiger charge is -2.15. The summed E-state index contributed by atoms with van der Waals surface area (Å²) in [5.74, 6) is 0.0176. The first kappa shape index (κ1) is 15.0. The molecule has 116 valence electrons. The van der Waals surface area contributed by atoms with Crippen molar-refractivity contribution in [3.8, 4) is 5.69 Å². The van der Waals surface area contributed by atoms with Crippen molar-refractivity contribution in [1.82, 2.24) is 20.1 Å². The SMILES string of the molecule is CC(NC(=O)Cc1ccccc1)c1ccc(-n2cncn2)cc1. The molecule has 0 aliphatic carbocycles. The topological polar surface area (TPSA) is 59.8 Å². The Labute approximate surface area is 135 Å². The van der Waals surface area contributed by atoms with Gasteiger partial charge in [-0.25, -0.2) is 9.67 Å². The second kappa shape index (κ2) is 6.87. The van der Waals surface area contributed by atoms with Crippen LogP contribution in [0, 0.1) is 0 Å². The highest BCUT2D eigenvalue weighted by Crippen LogP contribution is 2.15. The maximum atomic E-state index is 12.1. The van der Waals surface area contributed by atoms with E-state index in [1.165, 1.54) is 6.33 Å². The second-order valence-corrected chi connectivity index (χ2v) is 5.38. The fourth-order valence-electron chi connectivity index (χ4n) is 2.41. The Hall–Kier alpha value is -2.95. The number of rotatable bonds is 5. The van der Waals surface area contributed by atoms with Gasteiger partial charge in [0.15, 0.2) is 0 Å². The summed E-state index contributed by atoms with van der Waals surface area (Å²) in [6.07, 6.45) is 3.54. The van der Waals surface area contributed by atoms with E-state index in [1.807, 2.05) is 61.5 Å². The predicted octanol–water partition coefficient (Wildman–Crippen LogP) is 2.69. The zero-order valence-corrected chi connectivity index (χ0v) is 12.9. The van der Waals surface area contributed by atoms with Crippen molar-refractivity contribution in [2.24, 2.45) is 0 Å². The molecule has 0 saturated carbocycles. The number of amides is 1. The third kappa shape index (κ3) is 3.83. The van der Waals surface area contributed by atoms with Gasteiger partial charge < -0.3 is 5.32 Å². The molecule has 1 heterocycles. The second-order valence-electron chi connectivity index (χ2n) is 5.38. The largest absolute Gasteiger partial charge is 0.349 e.